The first-order chi connectivity index (χ1) is 16.0. The van der Waals surface area contributed by atoms with Gasteiger partial charge in [-0.1, -0.05) is 18.2 Å². The van der Waals surface area contributed by atoms with Gasteiger partial charge in [-0.25, -0.2) is 9.97 Å². The van der Waals surface area contributed by atoms with Gasteiger partial charge in [0.2, 0.25) is 0 Å². The van der Waals surface area contributed by atoms with Crippen LogP contribution < -0.4 is 10.1 Å². The average molecular weight is 446 g/mol. The van der Waals surface area contributed by atoms with E-state index in [9.17, 15) is 4.79 Å². The summed E-state index contributed by atoms with van der Waals surface area (Å²) in [6.45, 7) is 7.08. The van der Waals surface area contributed by atoms with E-state index in [-0.39, 0.29) is 11.5 Å². The topological polar surface area (TPSA) is 89.5 Å². The number of anilines is 1. The Hall–Kier alpha value is -3.52. The number of hydrogen-bond acceptors (Lipinski definition) is 7. The lowest BCUT2D eigenvalue weighted by atomic mass is 10.0. The third kappa shape index (κ3) is 4.66. The maximum absolute atomic E-state index is 12.8. The number of rotatable bonds is 5. The van der Waals surface area contributed by atoms with Gasteiger partial charge in [-0.15, -0.1) is 0 Å². The molecular weight excluding hydrogens is 418 g/mol. The molecule has 2 aliphatic heterocycles. The lowest BCUT2D eigenvalue weighted by molar-refractivity contribution is 0.0302. The minimum absolute atomic E-state index is 0.0530. The predicted octanol–water partition coefficient (Wildman–Crippen LogP) is 3.34. The van der Waals surface area contributed by atoms with Crippen molar-refractivity contribution < 1.29 is 14.3 Å². The Bertz CT molecular complexity index is 1170. The Morgan fingerprint density at radius 1 is 1.18 bits per heavy atom. The molecule has 8 heteroatoms. The lowest BCUT2D eigenvalue weighted by Crippen LogP contribution is -2.40. The van der Waals surface area contributed by atoms with E-state index >= 15 is 0 Å². The Morgan fingerprint density at radius 3 is 2.88 bits per heavy atom. The molecule has 0 radical (unpaired) electrons. The Morgan fingerprint density at radius 2 is 2.03 bits per heavy atom. The number of benzene rings is 1. The fraction of sp³-hybridized carbons (Fsp3) is 0.360. The van der Waals surface area contributed by atoms with Gasteiger partial charge in [0.25, 0.3) is 5.91 Å². The van der Waals surface area contributed by atoms with Crippen LogP contribution in [0.2, 0.25) is 0 Å². The highest BCUT2D eigenvalue weighted by Crippen LogP contribution is 2.37. The quantitative estimate of drug-likeness (QED) is 0.644. The van der Waals surface area contributed by atoms with Gasteiger partial charge >= 0.3 is 0 Å². The molecule has 0 unspecified atom stereocenters. The summed E-state index contributed by atoms with van der Waals surface area (Å²) in [7, 11) is 0. The minimum atomic E-state index is -0.183. The zero-order valence-corrected chi connectivity index (χ0v) is 18.9. The maximum atomic E-state index is 12.8. The van der Waals surface area contributed by atoms with E-state index in [0.717, 1.165) is 17.7 Å². The largest absolute Gasteiger partial charge is 0.487 e. The smallest absolute Gasteiger partial charge is 0.255 e. The van der Waals surface area contributed by atoms with Crippen molar-refractivity contribution in [2.45, 2.75) is 32.4 Å². The summed E-state index contributed by atoms with van der Waals surface area (Å²) < 4.78 is 11.5. The molecule has 2 aromatic heterocycles. The summed E-state index contributed by atoms with van der Waals surface area (Å²) in [5, 5.41) is 3.38. The zero-order chi connectivity index (χ0) is 22.8. The number of nitrogens with zero attached hydrogens (tertiary/aromatic N) is 4. The fourth-order valence-corrected chi connectivity index (χ4v) is 4.23. The Kier molecular flexibility index (Phi) is 5.68. The molecule has 5 rings (SSSR count). The SMILES string of the molecule is CC1(C)Cc2cccc(CNc3ccnc(-c4cncc(C(=O)N5CCOCC5)c4)n3)c2O1. The molecule has 0 aliphatic carbocycles. The second kappa shape index (κ2) is 8.78. The number of hydrogen-bond donors (Lipinski definition) is 1. The number of morpholine rings is 1. The number of ether oxygens (including phenoxy) is 2. The van der Waals surface area contributed by atoms with Crippen LogP contribution >= 0.6 is 0 Å². The first kappa shape index (κ1) is 21.3. The monoisotopic (exact) mass is 445 g/mol. The van der Waals surface area contributed by atoms with Crippen LogP contribution in [0, 0.1) is 0 Å². The predicted molar refractivity (Wildman–Crippen MR) is 124 cm³/mol. The van der Waals surface area contributed by atoms with Gasteiger partial charge in [0.1, 0.15) is 17.2 Å². The summed E-state index contributed by atoms with van der Waals surface area (Å²) in [5.74, 6) is 2.12. The van der Waals surface area contributed by atoms with Crippen molar-refractivity contribution in [3.63, 3.8) is 0 Å². The standard InChI is InChI=1S/C25H27N5O3/c1-25(2)13-17-4-3-5-18(22(17)33-25)16-28-21-6-7-27-23(29-21)19-12-20(15-26-14-19)24(31)30-8-10-32-11-9-30/h3-7,12,14-15H,8-11,13,16H2,1-2H3,(H,27,28,29). The van der Waals surface area contributed by atoms with Crippen LogP contribution in [0.3, 0.4) is 0 Å². The van der Waals surface area contributed by atoms with Gasteiger partial charge in [-0.3, -0.25) is 9.78 Å². The summed E-state index contributed by atoms with van der Waals surface area (Å²) in [5.41, 5.74) is 3.37. The Labute approximate surface area is 193 Å². The van der Waals surface area contributed by atoms with Crippen LogP contribution in [0.1, 0.15) is 35.3 Å². The summed E-state index contributed by atoms with van der Waals surface area (Å²) in [6, 6.07) is 9.88. The highest BCUT2D eigenvalue weighted by Gasteiger charge is 2.31. The molecule has 4 heterocycles. The van der Waals surface area contributed by atoms with Crippen LogP contribution in [0.15, 0.2) is 48.9 Å². The molecule has 33 heavy (non-hydrogen) atoms. The second-order valence-corrected chi connectivity index (χ2v) is 8.93. The van der Waals surface area contributed by atoms with Crippen LogP contribution in [0.25, 0.3) is 11.4 Å². The zero-order valence-electron chi connectivity index (χ0n) is 18.9. The van der Waals surface area contributed by atoms with E-state index in [1.165, 1.54) is 5.56 Å². The highest BCUT2D eigenvalue weighted by atomic mass is 16.5. The first-order valence-corrected chi connectivity index (χ1v) is 11.2. The third-order valence-electron chi connectivity index (χ3n) is 5.83. The van der Waals surface area contributed by atoms with E-state index in [1.807, 2.05) is 6.07 Å². The van der Waals surface area contributed by atoms with E-state index < -0.39 is 0 Å². The van der Waals surface area contributed by atoms with Crippen molar-refractivity contribution >= 4 is 11.7 Å². The second-order valence-electron chi connectivity index (χ2n) is 8.93. The van der Waals surface area contributed by atoms with E-state index in [2.05, 4.69) is 52.3 Å². The normalized spacial score (nSPS) is 16.7. The molecule has 2 aliphatic rings. The third-order valence-corrected chi connectivity index (χ3v) is 5.83. The van der Waals surface area contributed by atoms with Gasteiger partial charge in [-0.2, -0.15) is 0 Å². The summed E-state index contributed by atoms with van der Waals surface area (Å²) >= 11 is 0. The van der Waals surface area contributed by atoms with Gasteiger partial charge < -0.3 is 19.7 Å². The molecule has 0 atom stereocenters. The van der Waals surface area contributed by atoms with Crippen molar-refractivity contribution in [2.24, 2.45) is 0 Å². The molecule has 1 saturated heterocycles. The lowest BCUT2D eigenvalue weighted by Gasteiger charge is -2.26. The van der Waals surface area contributed by atoms with Gasteiger partial charge in [0.15, 0.2) is 5.82 Å². The molecule has 0 bridgehead atoms. The number of nitrogens with one attached hydrogen (secondary N) is 1. The molecule has 0 spiro atoms. The first-order valence-electron chi connectivity index (χ1n) is 11.2. The minimum Gasteiger partial charge on any atom is -0.487 e. The van der Waals surface area contributed by atoms with Gasteiger partial charge in [0.05, 0.1) is 18.8 Å². The average Bonchev–Trinajstić information content (AvgIpc) is 3.17. The molecule has 8 nitrogen and oxygen atoms in total. The number of carbonyl (C=O) groups is 1. The molecular formula is C25H27N5O3. The Balaban J connectivity index is 1.32. The number of fused-ring (bicyclic) bond motifs is 1. The van der Waals surface area contributed by atoms with Crippen molar-refractivity contribution in [1.82, 2.24) is 19.9 Å². The van der Waals surface area contributed by atoms with Crippen LogP contribution in [0.5, 0.6) is 5.75 Å². The number of pyridine rings is 1. The van der Waals surface area contributed by atoms with Crippen molar-refractivity contribution in [1.29, 1.82) is 0 Å². The van der Waals surface area contributed by atoms with E-state index in [4.69, 9.17) is 9.47 Å². The molecule has 1 N–H and O–H groups in total. The number of aromatic nitrogens is 3. The van der Waals surface area contributed by atoms with Gasteiger partial charge in [0, 0.05) is 55.8 Å². The van der Waals surface area contributed by atoms with Gasteiger partial charge in [-0.05, 0) is 31.5 Å². The highest BCUT2D eigenvalue weighted by molar-refractivity contribution is 5.95. The van der Waals surface area contributed by atoms with Crippen molar-refractivity contribution in [3.05, 3.63) is 65.6 Å². The molecule has 1 aromatic carbocycles. The number of carbonyl (C=O) groups excluding carboxylic acids is 1. The number of amides is 1. The number of para-hydroxylation sites is 1. The van der Waals surface area contributed by atoms with Crippen LogP contribution in [0.4, 0.5) is 5.82 Å². The van der Waals surface area contributed by atoms with E-state index in [0.29, 0.717) is 55.6 Å². The molecule has 170 valence electrons. The van der Waals surface area contributed by atoms with Crippen LogP contribution in [-0.2, 0) is 17.7 Å². The van der Waals surface area contributed by atoms with Crippen molar-refractivity contribution in [2.75, 3.05) is 31.6 Å². The van der Waals surface area contributed by atoms with Crippen molar-refractivity contribution in [3.8, 4) is 17.1 Å². The molecule has 1 fully saturated rings. The molecule has 0 saturated carbocycles. The maximum Gasteiger partial charge on any atom is 0.255 e. The summed E-state index contributed by atoms with van der Waals surface area (Å²) in [6.07, 6.45) is 5.87. The molecule has 1 amide bonds. The fourth-order valence-electron chi connectivity index (χ4n) is 4.23. The van der Waals surface area contributed by atoms with Crippen LogP contribution in [-0.4, -0.2) is 57.7 Å². The summed E-state index contributed by atoms with van der Waals surface area (Å²) in [4.78, 5) is 27.9. The molecule has 3 aromatic rings. The van der Waals surface area contributed by atoms with E-state index in [1.54, 1.807) is 29.6 Å².